The van der Waals surface area contributed by atoms with Gasteiger partial charge in [0.1, 0.15) is 0 Å². The second-order valence-corrected chi connectivity index (χ2v) is 4.50. The number of hydrogen-bond donors (Lipinski definition) is 2. The van der Waals surface area contributed by atoms with Crippen molar-refractivity contribution < 1.29 is 14.7 Å². The molecule has 0 radical (unpaired) electrons. The van der Waals surface area contributed by atoms with Crippen molar-refractivity contribution in [2.45, 2.75) is 38.5 Å². The van der Waals surface area contributed by atoms with Crippen molar-refractivity contribution >= 4 is 11.9 Å². The second-order valence-electron chi connectivity index (χ2n) is 4.50. The van der Waals surface area contributed by atoms with Gasteiger partial charge < -0.3 is 10.4 Å². The summed E-state index contributed by atoms with van der Waals surface area (Å²) in [6.45, 7) is 0.634. The first-order chi connectivity index (χ1) is 8.15. The molecular weight excluding hydrogens is 218 g/mol. The van der Waals surface area contributed by atoms with Gasteiger partial charge in [0.25, 0.3) is 0 Å². The monoisotopic (exact) mass is 237 g/mol. The van der Waals surface area contributed by atoms with E-state index in [1.54, 1.807) is 0 Å². The molecule has 0 aromatic carbocycles. The lowest BCUT2D eigenvalue weighted by Crippen LogP contribution is -2.30. The van der Waals surface area contributed by atoms with Crippen LogP contribution >= 0.6 is 0 Å². The molecule has 0 saturated heterocycles. The van der Waals surface area contributed by atoms with E-state index >= 15 is 0 Å². The van der Waals surface area contributed by atoms with E-state index in [1.807, 2.05) is 0 Å². The van der Waals surface area contributed by atoms with Gasteiger partial charge in [-0.15, -0.1) is 12.3 Å². The number of nitrogens with one attached hydrogen (secondary N) is 1. The Morgan fingerprint density at radius 2 is 2.00 bits per heavy atom. The smallest absolute Gasteiger partial charge is 0.306 e. The minimum absolute atomic E-state index is 0.00513. The molecule has 2 atom stereocenters. The van der Waals surface area contributed by atoms with Crippen molar-refractivity contribution in [3.05, 3.63) is 0 Å². The van der Waals surface area contributed by atoms with E-state index in [4.69, 9.17) is 11.5 Å². The number of carbonyl (C=O) groups is 2. The van der Waals surface area contributed by atoms with Crippen LogP contribution in [0.25, 0.3) is 0 Å². The first-order valence-corrected chi connectivity index (χ1v) is 6.09. The summed E-state index contributed by atoms with van der Waals surface area (Å²) < 4.78 is 0. The molecule has 2 unspecified atom stereocenters. The molecule has 4 nitrogen and oxygen atoms in total. The molecule has 1 aliphatic carbocycles. The Balaban J connectivity index is 2.17. The van der Waals surface area contributed by atoms with Crippen molar-refractivity contribution in [3.63, 3.8) is 0 Å². The summed E-state index contributed by atoms with van der Waals surface area (Å²) in [5.74, 6) is 1.30. The van der Waals surface area contributed by atoms with Crippen LogP contribution in [-0.2, 0) is 9.59 Å². The molecule has 0 aliphatic heterocycles. The molecular formula is C13H19NO3. The van der Waals surface area contributed by atoms with Gasteiger partial charge in [0.2, 0.25) is 5.91 Å². The average molecular weight is 237 g/mol. The fraction of sp³-hybridized carbons (Fsp3) is 0.692. The van der Waals surface area contributed by atoms with Crippen LogP contribution in [0.1, 0.15) is 38.5 Å². The molecule has 94 valence electrons. The zero-order chi connectivity index (χ0) is 12.7. The Labute approximate surface area is 102 Å². The SMILES string of the molecule is C#CCCCCNC(=O)C1CCC(C(=O)O)C1. The van der Waals surface area contributed by atoms with E-state index in [-0.39, 0.29) is 17.7 Å². The normalized spacial score (nSPS) is 23.0. The molecule has 2 N–H and O–H groups in total. The molecule has 0 spiro atoms. The zero-order valence-corrected chi connectivity index (χ0v) is 9.95. The summed E-state index contributed by atoms with van der Waals surface area (Å²) in [7, 11) is 0. The summed E-state index contributed by atoms with van der Waals surface area (Å²) in [4.78, 5) is 22.5. The molecule has 0 bridgehead atoms. The quantitative estimate of drug-likeness (QED) is 0.542. The highest BCUT2D eigenvalue weighted by Gasteiger charge is 2.33. The predicted octanol–water partition coefficient (Wildman–Crippen LogP) is 1.41. The summed E-state index contributed by atoms with van der Waals surface area (Å²) >= 11 is 0. The Kier molecular flexibility index (Phi) is 5.55. The van der Waals surface area contributed by atoms with E-state index in [0.29, 0.717) is 25.8 Å². The van der Waals surface area contributed by atoms with E-state index in [0.717, 1.165) is 19.3 Å². The Bertz CT molecular complexity index is 319. The molecule has 0 aromatic heterocycles. The van der Waals surface area contributed by atoms with Crippen LogP contribution < -0.4 is 5.32 Å². The maximum Gasteiger partial charge on any atom is 0.306 e. The van der Waals surface area contributed by atoms with Crippen molar-refractivity contribution in [3.8, 4) is 12.3 Å². The fourth-order valence-corrected chi connectivity index (χ4v) is 2.15. The van der Waals surface area contributed by atoms with E-state index < -0.39 is 5.97 Å². The zero-order valence-electron chi connectivity index (χ0n) is 9.95. The van der Waals surface area contributed by atoms with Crippen molar-refractivity contribution in [1.29, 1.82) is 0 Å². The Hall–Kier alpha value is -1.50. The molecule has 0 aromatic rings. The lowest BCUT2D eigenvalue weighted by Gasteiger charge is -2.10. The number of hydrogen-bond acceptors (Lipinski definition) is 2. The number of unbranched alkanes of at least 4 members (excludes halogenated alkanes) is 2. The Morgan fingerprint density at radius 1 is 1.29 bits per heavy atom. The summed E-state index contributed by atoms with van der Waals surface area (Å²) in [6, 6.07) is 0. The third-order valence-electron chi connectivity index (χ3n) is 3.20. The lowest BCUT2D eigenvalue weighted by molar-refractivity contribution is -0.141. The topological polar surface area (TPSA) is 66.4 Å². The van der Waals surface area contributed by atoms with Gasteiger partial charge in [-0.1, -0.05) is 0 Å². The average Bonchev–Trinajstić information content (AvgIpc) is 2.78. The number of terminal acetylenes is 1. The standard InChI is InChI=1S/C13H19NO3/c1-2-3-4-5-8-14-12(15)10-6-7-11(9-10)13(16)17/h1,10-11H,3-9H2,(H,14,15)(H,16,17). The predicted molar refractivity (Wildman–Crippen MR) is 64.2 cm³/mol. The van der Waals surface area contributed by atoms with Crippen LogP contribution in [0.5, 0.6) is 0 Å². The van der Waals surface area contributed by atoms with Gasteiger partial charge in [0.05, 0.1) is 5.92 Å². The molecule has 1 aliphatic rings. The molecule has 1 rings (SSSR count). The summed E-state index contributed by atoms with van der Waals surface area (Å²) in [6.07, 6.45) is 9.43. The first-order valence-electron chi connectivity index (χ1n) is 6.09. The highest BCUT2D eigenvalue weighted by Crippen LogP contribution is 2.30. The van der Waals surface area contributed by atoms with Gasteiger partial charge >= 0.3 is 5.97 Å². The van der Waals surface area contributed by atoms with Gasteiger partial charge in [-0.05, 0) is 32.1 Å². The third-order valence-corrected chi connectivity index (χ3v) is 3.20. The molecule has 1 fully saturated rings. The first kappa shape index (κ1) is 13.6. The van der Waals surface area contributed by atoms with E-state index in [9.17, 15) is 9.59 Å². The highest BCUT2D eigenvalue weighted by atomic mass is 16.4. The van der Waals surface area contributed by atoms with Gasteiger partial charge in [-0.25, -0.2) is 0 Å². The van der Waals surface area contributed by atoms with Crippen LogP contribution in [0.2, 0.25) is 0 Å². The van der Waals surface area contributed by atoms with Gasteiger partial charge in [0.15, 0.2) is 0 Å². The number of amides is 1. The van der Waals surface area contributed by atoms with Crippen LogP contribution in [0.15, 0.2) is 0 Å². The van der Waals surface area contributed by atoms with Crippen molar-refractivity contribution in [2.24, 2.45) is 11.8 Å². The van der Waals surface area contributed by atoms with Gasteiger partial charge in [-0.2, -0.15) is 0 Å². The second kappa shape index (κ2) is 6.95. The number of carboxylic acids is 1. The van der Waals surface area contributed by atoms with Crippen molar-refractivity contribution in [2.75, 3.05) is 6.54 Å². The molecule has 1 amide bonds. The van der Waals surface area contributed by atoms with Crippen LogP contribution in [0.4, 0.5) is 0 Å². The molecule has 17 heavy (non-hydrogen) atoms. The Morgan fingerprint density at radius 3 is 2.59 bits per heavy atom. The number of rotatable bonds is 6. The largest absolute Gasteiger partial charge is 0.481 e. The van der Waals surface area contributed by atoms with E-state index in [2.05, 4.69) is 11.2 Å². The van der Waals surface area contributed by atoms with Crippen LogP contribution in [0.3, 0.4) is 0 Å². The maximum absolute atomic E-state index is 11.7. The van der Waals surface area contributed by atoms with Crippen LogP contribution in [0, 0.1) is 24.2 Å². The van der Waals surface area contributed by atoms with E-state index in [1.165, 1.54) is 0 Å². The maximum atomic E-state index is 11.7. The van der Waals surface area contributed by atoms with Crippen molar-refractivity contribution in [1.82, 2.24) is 5.32 Å². The van der Waals surface area contributed by atoms with Gasteiger partial charge in [-0.3, -0.25) is 9.59 Å². The highest BCUT2D eigenvalue weighted by molar-refractivity contribution is 5.80. The minimum atomic E-state index is -0.783. The fourth-order valence-electron chi connectivity index (χ4n) is 2.15. The molecule has 4 heteroatoms. The lowest BCUT2D eigenvalue weighted by atomic mass is 10.0. The summed E-state index contributed by atoms with van der Waals surface area (Å²) in [5.41, 5.74) is 0. The number of carboxylic acid groups (broad SMARTS) is 1. The minimum Gasteiger partial charge on any atom is -0.481 e. The number of carbonyl (C=O) groups excluding carboxylic acids is 1. The molecule has 0 heterocycles. The van der Waals surface area contributed by atoms with Gasteiger partial charge in [0, 0.05) is 18.9 Å². The van der Waals surface area contributed by atoms with Crippen LogP contribution in [-0.4, -0.2) is 23.5 Å². The number of aliphatic carboxylic acids is 1. The molecule has 1 saturated carbocycles. The summed E-state index contributed by atoms with van der Waals surface area (Å²) in [5, 5.41) is 11.7. The third kappa shape index (κ3) is 4.48.